The summed E-state index contributed by atoms with van der Waals surface area (Å²) in [4.78, 5) is 23.8. The van der Waals surface area contributed by atoms with Crippen molar-refractivity contribution in [2.75, 3.05) is 19.6 Å². The van der Waals surface area contributed by atoms with E-state index in [4.69, 9.17) is 5.11 Å². The third-order valence-electron chi connectivity index (χ3n) is 4.64. The summed E-state index contributed by atoms with van der Waals surface area (Å²) in [5, 5.41) is 11.9. The number of benzene rings is 1. The van der Waals surface area contributed by atoms with Crippen LogP contribution >= 0.6 is 0 Å². The second-order valence-electron chi connectivity index (χ2n) is 6.58. The first-order chi connectivity index (χ1) is 12.4. The fourth-order valence-corrected chi connectivity index (χ4v) is 4.69. The fourth-order valence-electron chi connectivity index (χ4n) is 3.15. The Labute approximate surface area is 154 Å². The Morgan fingerprint density at radius 1 is 1.31 bits per heavy atom. The number of hydrogen-bond donors (Lipinski definition) is 2. The molecule has 0 aromatic heterocycles. The predicted octanol–water partition coefficient (Wildman–Crippen LogP) is 1.70. The van der Waals surface area contributed by atoms with Crippen LogP contribution in [-0.2, 0) is 19.6 Å². The van der Waals surface area contributed by atoms with Gasteiger partial charge >= 0.3 is 5.97 Å². The van der Waals surface area contributed by atoms with Crippen LogP contribution in [0.5, 0.6) is 0 Å². The number of carboxylic acid groups (broad SMARTS) is 1. The third kappa shape index (κ3) is 5.04. The lowest BCUT2D eigenvalue weighted by Crippen LogP contribution is -2.46. The molecule has 1 aliphatic heterocycles. The number of nitrogens with one attached hydrogen (secondary N) is 1. The summed E-state index contributed by atoms with van der Waals surface area (Å²) in [5.41, 5.74) is 0. The Bertz CT molecular complexity index is 720. The lowest BCUT2D eigenvalue weighted by molar-refractivity contribution is -0.142. The van der Waals surface area contributed by atoms with Crippen molar-refractivity contribution >= 4 is 21.9 Å². The Balaban J connectivity index is 1.99. The summed E-state index contributed by atoms with van der Waals surface area (Å²) in [6.07, 6.45) is 2.41. The summed E-state index contributed by atoms with van der Waals surface area (Å²) in [6.45, 7) is 2.47. The molecule has 1 fully saturated rings. The van der Waals surface area contributed by atoms with Gasteiger partial charge in [0.05, 0.1) is 16.7 Å². The third-order valence-corrected chi connectivity index (χ3v) is 6.52. The number of hydrogen-bond acceptors (Lipinski definition) is 4. The molecule has 1 amide bonds. The van der Waals surface area contributed by atoms with E-state index < -0.39 is 27.8 Å². The maximum atomic E-state index is 12.7. The molecule has 1 aliphatic rings. The number of piperidine rings is 1. The minimum atomic E-state index is -3.62. The van der Waals surface area contributed by atoms with Gasteiger partial charge in [-0.2, -0.15) is 4.31 Å². The van der Waals surface area contributed by atoms with Crippen LogP contribution in [0.4, 0.5) is 0 Å². The van der Waals surface area contributed by atoms with Gasteiger partial charge in [-0.15, -0.1) is 0 Å². The van der Waals surface area contributed by atoms with E-state index >= 15 is 0 Å². The fraction of sp³-hybridized carbons (Fsp3) is 0.556. The van der Waals surface area contributed by atoms with E-state index in [1.54, 1.807) is 30.3 Å². The van der Waals surface area contributed by atoms with Crippen molar-refractivity contribution in [3.05, 3.63) is 30.3 Å². The average molecular weight is 382 g/mol. The molecule has 2 N–H and O–H groups in total. The molecule has 0 saturated carbocycles. The molecular weight excluding hydrogens is 356 g/mol. The van der Waals surface area contributed by atoms with Crippen molar-refractivity contribution in [2.24, 2.45) is 11.8 Å². The highest BCUT2D eigenvalue weighted by Crippen LogP contribution is 2.23. The van der Waals surface area contributed by atoms with Gasteiger partial charge in [0.25, 0.3) is 0 Å². The zero-order valence-electron chi connectivity index (χ0n) is 14.9. The highest BCUT2D eigenvalue weighted by atomic mass is 32.2. The van der Waals surface area contributed by atoms with Crippen LogP contribution < -0.4 is 5.32 Å². The Morgan fingerprint density at radius 2 is 2.00 bits per heavy atom. The quantitative estimate of drug-likeness (QED) is 0.712. The second kappa shape index (κ2) is 9.14. The molecule has 1 aromatic carbocycles. The van der Waals surface area contributed by atoms with E-state index in [-0.39, 0.29) is 23.9 Å². The molecule has 144 valence electrons. The van der Waals surface area contributed by atoms with Crippen molar-refractivity contribution in [3.8, 4) is 0 Å². The van der Waals surface area contributed by atoms with Crippen molar-refractivity contribution in [3.63, 3.8) is 0 Å². The summed E-state index contributed by atoms with van der Waals surface area (Å²) in [6, 6.07) is 8.17. The van der Waals surface area contributed by atoms with E-state index in [9.17, 15) is 18.0 Å². The van der Waals surface area contributed by atoms with Gasteiger partial charge in [0.15, 0.2) is 0 Å². The highest BCUT2D eigenvalue weighted by Gasteiger charge is 2.33. The molecule has 2 unspecified atom stereocenters. The molecule has 26 heavy (non-hydrogen) atoms. The molecule has 0 bridgehead atoms. The highest BCUT2D eigenvalue weighted by molar-refractivity contribution is 7.89. The lowest BCUT2D eigenvalue weighted by Gasteiger charge is -2.31. The Kier molecular flexibility index (Phi) is 7.16. The molecule has 1 saturated heterocycles. The first-order valence-electron chi connectivity index (χ1n) is 8.92. The molecule has 8 heteroatoms. The topological polar surface area (TPSA) is 104 Å². The number of aliphatic carboxylic acids is 1. The van der Waals surface area contributed by atoms with E-state index in [1.165, 1.54) is 4.31 Å². The number of carboxylic acids is 1. The van der Waals surface area contributed by atoms with Crippen LogP contribution in [0.3, 0.4) is 0 Å². The first kappa shape index (κ1) is 20.4. The van der Waals surface area contributed by atoms with E-state index in [2.05, 4.69) is 5.32 Å². The van der Waals surface area contributed by atoms with Gasteiger partial charge in [-0.1, -0.05) is 31.5 Å². The average Bonchev–Trinajstić information content (AvgIpc) is 2.65. The molecular formula is C18H26N2O5S. The smallest absolute Gasteiger partial charge is 0.308 e. The molecule has 2 rings (SSSR count). The number of sulfonamides is 1. The normalized spacial score (nSPS) is 19.7. The van der Waals surface area contributed by atoms with Gasteiger partial charge in [0, 0.05) is 19.6 Å². The van der Waals surface area contributed by atoms with Crippen molar-refractivity contribution in [1.82, 2.24) is 9.62 Å². The number of rotatable bonds is 8. The Hall–Kier alpha value is -1.93. The number of carbonyl (C=O) groups is 2. The van der Waals surface area contributed by atoms with E-state index in [0.717, 1.165) is 6.42 Å². The summed E-state index contributed by atoms with van der Waals surface area (Å²) >= 11 is 0. The maximum absolute atomic E-state index is 12.7. The van der Waals surface area contributed by atoms with Crippen molar-refractivity contribution in [2.45, 2.75) is 37.5 Å². The SMILES string of the molecule is CCCC(CNC(=O)C1CCCN(S(=O)(=O)c2ccccc2)C1)C(=O)O. The van der Waals surface area contributed by atoms with Gasteiger partial charge in [-0.05, 0) is 31.4 Å². The van der Waals surface area contributed by atoms with Crippen LogP contribution in [0, 0.1) is 11.8 Å². The van der Waals surface area contributed by atoms with Gasteiger partial charge < -0.3 is 10.4 Å². The van der Waals surface area contributed by atoms with Gasteiger partial charge in [-0.3, -0.25) is 9.59 Å². The second-order valence-corrected chi connectivity index (χ2v) is 8.52. The number of amides is 1. The lowest BCUT2D eigenvalue weighted by atomic mass is 9.98. The Morgan fingerprint density at radius 3 is 2.62 bits per heavy atom. The molecule has 1 heterocycles. The molecule has 1 aromatic rings. The molecule has 0 spiro atoms. The monoisotopic (exact) mass is 382 g/mol. The standard InChI is InChI=1S/C18H26N2O5S/c1-2-7-14(18(22)23)12-19-17(21)15-8-6-11-20(13-15)26(24,25)16-9-4-3-5-10-16/h3-5,9-10,14-15H,2,6-8,11-13H2,1H3,(H,19,21)(H,22,23). The minimum absolute atomic E-state index is 0.0734. The van der Waals surface area contributed by atoms with Crippen LogP contribution in [0.1, 0.15) is 32.6 Å². The van der Waals surface area contributed by atoms with Gasteiger partial charge in [0.2, 0.25) is 15.9 Å². The van der Waals surface area contributed by atoms with Gasteiger partial charge in [-0.25, -0.2) is 8.42 Å². The maximum Gasteiger partial charge on any atom is 0.308 e. The van der Waals surface area contributed by atoms with Crippen molar-refractivity contribution < 1.29 is 23.1 Å². The van der Waals surface area contributed by atoms with E-state index in [0.29, 0.717) is 25.8 Å². The van der Waals surface area contributed by atoms with Crippen LogP contribution in [0.2, 0.25) is 0 Å². The minimum Gasteiger partial charge on any atom is -0.481 e. The van der Waals surface area contributed by atoms with Gasteiger partial charge in [0.1, 0.15) is 0 Å². The number of nitrogens with zero attached hydrogens (tertiary/aromatic N) is 1. The predicted molar refractivity (Wildman–Crippen MR) is 97.0 cm³/mol. The zero-order chi connectivity index (χ0) is 19.2. The van der Waals surface area contributed by atoms with Crippen LogP contribution in [0.15, 0.2) is 35.2 Å². The van der Waals surface area contributed by atoms with E-state index in [1.807, 2.05) is 6.92 Å². The first-order valence-corrected chi connectivity index (χ1v) is 10.4. The number of carbonyl (C=O) groups excluding carboxylic acids is 1. The summed E-state index contributed by atoms with van der Waals surface area (Å²) < 4.78 is 26.8. The van der Waals surface area contributed by atoms with Crippen molar-refractivity contribution in [1.29, 1.82) is 0 Å². The summed E-state index contributed by atoms with van der Waals surface area (Å²) in [5.74, 6) is -2.28. The molecule has 0 aliphatic carbocycles. The molecule has 0 radical (unpaired) electrons. The van der Waals surface area contributed by atoms with Crippen LogP contribution in [0.25, 0.3) is 0 Å². The molecule has 7 nitrogen and oxygen atoms in total. The van der Waals surface area contributed by atoms with Crippen LogP contribution in [-0.4, -0.2) is 49.3 Å². The summed E-state index contributed by atoms with van der Waals surface area (Å²) in [7, 11) is -3.62. The largest absolute Gasteiger partial charge is 0.481 e. The zero-order valence-corrected chi connectivity index (χ0v) is 15.7. The molecule has 2 atom stereocenters.